The molecule has 1 N–H and O–H groups in total. The Morgan fingerprint density at radius 1 is 1.05 bits per heavy atom. The lowest BCUT2D eigenvalue weighted by atomic mass is 10.1. The maximum Gasteiger partial charge on any atom is 0.0951 e. The van der Waals surface area contributed by atoms with Crippen LogP contribution in [0.4, 0.5) is 0 Å². The van der Waals surface area contributed by atoms with Gasteiger partial charge in [-0.1, -0.05) is 54.6 Å². The summed E-state index contributed by atoms with van der Waals surface area (Å²) in [5.41, 5.74) is 3.65. The molecule has 0 aromatic heterocycles. The van der Waals surface area contributed by atoms with Gasteiger partial charge in [-0.3, -0.25) is 4.90 Å². The minimum Gasteiger partial charge on any atom is -0.387 e. The van der Waals surface area contributed by atoms with Gasteiger partial charge in [-0.25, -0.2) is 0 Å². The van der Waals surface area contributed by atoms with Crippen molar-refractivity contribution in [2.45, 2.75) is 25.1 Å². The van der Waals surface area contributed by atoms with E-state index in [2.05, 4.69) is 42.3 Å². The van der Waals surface area contributed by atoms with Crippen LogP contribution in [0.15, 0.2) is 54.6 Å². The molecular weight excluding hydrogens is 234 g/mol. The predicted octanol–water partition coefficient (Wildman–Crippen LogP) is 2.78. The molecule has 3 rings (SSSR count). The largest absolute Gasteiger partial charge is 0.387 e. The number of hydrogen-bond donors (Lipinski definition) is 1. The fraction of sp³-hybridized carbons (Fsp3) is 0.294. The average molecular weight is 253 g/mol. The first-order valence-electron chi connectivity index (χ1n) is 6.76. The Hall–Kier alpha value is -1.64. The molecule has 2 nitrogen and oxygen atoms in total. The summed E-state index contributed by atoms with van der Waals surface area (Å²) in [5.74, 6) is 0. The molecule has 1 aliphatic rings. The lowest BCUT2D eigenvalue weighted by molar-refractivity contribution is 0.0721. The van der Waals surface area contributed by atoms with Crippen molar-refractivity contribution in [2.75, 3.05) is 7.05 Å². The van der Waals surface area contributed by atoms with Crippen LogP contribution in [-0.2, 0) is 13.0 Å². The topological polar surface area (TPSA) is 23.5 Å². The van der Waals surface area contributed by atoms with E-state index in [4.69, 9.17) is 0 Å². The van der Waals surface area contributed by atoms with Crippen LogP contribution in [-0.4, -0.2) is 23.1 Å². The smallest absolute Gasteiger partial charge is 0.0951 e. The molecule has 0 saturated carbocycles. The van der Waals surface area contributed by atoms with Gasteiger partial charge >= 0.3 is 0 Å². The number of benzene rings is 2. The van der Waals surface area contributed by atoms with Gasteiger partial charge in [-0.15, -0.1) is 0 Å². The van der Waals surface area contributed by atoms with Gasteiger partial charge in [0.15, 0.2) is 0 Å². The van der Waals surface area contributed by atoms with Gasteiger partial charge in [0.2, 0.25) is 0 Å². The normalized spacial score (nSPS) is 21.6. The number of likely N-dealkylation sites (N-methyl/N-ethyl adjacent to an activating group) is 1. The van der Waals surface area contributed by atoms with E-state index in [1.54, 1.807) is 0 Å². The van der Waals surface area contributed by atoms with Crippen LogP contribution in [0.2, 0.25) is 0 Å². The van der Waals surface area contributed by atoms with Gasteiger partial charge in [0, 0.05) is 12.6 Å². The van der Waals surface area contributed by atoms with Gasteiger partial charge in [0.05, 0.1) is 6.10 Å². The highest BCUT2D eigenvalue weighted by Gasteiger charge is 2.33. The summed E-state index contributed by atoms with van der Waals surface area (Å²) in [6, 6.07) is 18.8. The Morgan fingerprint density at radius 2 is 1.74 bits per heavy atom. The lowest BCUT2D eigenvalue weighted by Crippen LogP contribution is -2.34. The molecule has 0 saturated heterocycles. The van der Waals surface area contributed by atoms with Crippen molar-refractivity contribution in [3.63, 3.8) is 0 Å². The first-order chi connectivity index (χ1) is 9.25. The molecule has 0 aliphatic heterocycles. The van der Waals surface area contributed by atoms with Crippen LogP contribution >= 0.6 is 0 Å². The minimum atomic E-state index is -0.370. The zero-order chi connectivity index (χ0) is 13.2. The Labute approximate surface area is 114 Å². The number of aliphatic hydroxyl groups excluding tert-OH is 1. The molecule has 2 aromatic carbocycles. The third-order valence-corrected chi connectivity index (χ3v) is 4.01. The van der Waals surface area contributed by atoms with Gasteiger partial charge in [0.1, 0.15) is 0 Å². The highest BCUT2D eigenvalue weighted by atomic mass is 16.3. The molecule has 0 bridgehead atoms. The number of hydrogen-bond acceptors (Lipinski definition) is 2. The molecule has 1 aliphatic carbocycles. The summed E-state index contributed by atoms with van der Waals surface area (Å²) in [6.45, 7) is 0.872. The van der Waals surface area contributed by atoms with E-state index in [1.807, 2.05) is 24.3 Å². The average Bonchev–Trinajstić information content (AvgIpc) is 2.78. The van der Waals surface area contributed by atoms with Crippen molar-refractivity contribution in [2.24, 2.45) is 0 Å². The molecule has 2 unspecified atom stereocenters. The van der Waals surface area contributed by atoms with Gasteiger partial charge < -0.3 is 5.11 Å². The fourth-order valence-electron chi connectivity index (χ4n) is 2.94. The van der Waals surface area contributed by atoms with E-state index in [-0.39, 0.29) is 12.1 Å². The molecule has 2 heteroatoms. The van der Waals surface area contributed by atoms with Crippen LogP contribution < -0.4 is 0 Å². The molecule has 0 amide bonds. The molecule has 0 spiro atoms. The number of rotatable bonds is 3. The predicted molar refractivity (Wildman–Crippen MR) is 76.8 cm³/mol. The van der Waals surface area contributed by atoms with Crippen molar-refractivity contribution < 1.29 is 5.11 Å². The zero-order valence-electron chi connectivity index (χ0n) is 11.2. The second-order valence-electron chi connectivity index (χ2n) is 5.32. The molecular formula is C17H19NO. The van der Waals surface area contributed by atoms with Gasteiger partial charge in [-0.2, -0.15) is 0 Å². The van der Waals surface area contributed by atoms with Gasteiger partial charge in [-0.05, 0) is 30.2 Å². The summed E-state index contributed by atoms with van der Waals surface area (Å²) >= 11 is 0. The Morgan fingerprint density at radius 3 is 2.47 bits per heavy atom. The third kappa shape index (κ3) is 2.42. The first-order valence-corrected chi connectivity index (χ1v) is 6.76. The zero-order valence-corrected chi connectivity index (χ0v) is 11.2. The SMILES string of the molecule is CN(Cc1ccccc1)C1Cc2ccccc2C1O. The van der Waals surface area contributed by atoms with Crippen molar-refractivity contribution in [3.05, 3.63) is 71.3 Å². The Balaban J connectivity index is 1.74. The maximum absolute atomic E-state index is 10.4. The van der Waals surface area contributed by atoms with Crippen LogP contribution in [0.5, 0.6) is 0 Å². The molecule has 2 aromatic rings. The maximum atomic E-state index is 10.4. The number of nitrogens with zero attached hydrogens (tertiary/aromatic N) is 1. The molecule has 0 radical (unpaired) electrons. The van der Waals surface area contributed by atoms with E-state index < -0.39 is 0 Å². The minimum absolute atomic E-state index is 0.178. The Bertz CT molecular complexity index is 552. The third-order valence-electron chi connectivity index (χ3n) is 4.01. The summed E-state index contributed by atoms with van der Waals surface area (Å²) in [4.78, 5) is 2.25. The monoisotopic (exact) mass is 253 g/mol. The van der Waals surface area contributed by atoms with Crippen molar-refractivity contribution in [1.82, 2.24) is 4.90 Å². The van der Waals surface area contributed by atoms with Crippen molar-refractivity contribution in [1.29, 1.82) is 0 Å². The van der Waals surface area contributed by atoms with Crippen LogP contribution in [0.3, 0.4) is 0 Å². The van der Waals surface area contributed by atoms with E-state index in [9.17, 15) is 5.11 Å². The van der Waals surface area contributed by atoms with E-state index in [0.29, 0.717) is 0 Å². The quantitative estimate of drug-likeness (QED) is 0.909. The Kier molecular flexibility index (Phi) is 3.36. The highest BCUT2D eigenvalue weighted by Crippen LogP contribution is 2.34. The molecule has 0 heterocycles. The number of aliphatic hydroxyl groups is 1. The molecule has 98 valence electrons. The second-order valence-corrected chi connectivity index (χ2v) is 5.32. The van der Waals surface area contributed by atoms with Crippen LogP contribution in [0, 0.1) is 0 Å². The van der Waals surface area contributed by atoms with E-state index >= 15 is 0 Å². The molecule has 0 fully saturated rings. The molecule has 2 atom stereocenters. The van der Waals surface area contributed by atoms with Crippen molar-refractivity contribution in [3.8, 4) is 0 Å². The lowest BCUT2D eigenvalue weighted by Gasteiger charge is -2.27. The molecule has 19 heavy (non-hydrogen) atoms. The van der Waals surface area contributed by atoms with Crippen molar-refractivity contribution >= 4 is 0 Å². The van der Waals surface area contributed by atoms with Crippen LogP contribution in [0.25, 0.3) is 0 Å². The highest BCUT2D eigenvalue weighted by molar-refractivity contribution is 5.36. The van der Waals surface area contributed by atoms with Crippen LogP contribution in [0.1, 0.15) is 22.8 Å². The fourth-order valence-corrected chi connectivity index (χ4v) is 2.94. The first kappa shape index (κ1) is 12.4. The van der Waals surface area contributed by atoms with E-state index in [1.165, 1.54) is 11.1 Å². The van der Waals surface area contributed by atoms with Gasteiger partial charge in [0.25, 0.3) is 0 Å². The second kappa shape index (κ2) is 5.16. The standard InChI is InChI=1S/C17H19NO/c1-18(12-13-7-3-2-4-8-13)16-11-14-9-5-6-10-15(14)17(16)19/h2-10,16-17,19H,11-12H2,1H3. The summed E-state index contributed by atoms with van der Waals surface area (Å²) in [6.07, 6.45) is 0.561. The summed E-state index contributed by atoms with van der Waals surface area (Å²) < 4.78 is 0. The number of fused-ring (bicyclic) bond motifs is 1. The summed E-state index contributed by atoms with van der Waals surface area (Å²) in [5, 5.41) is 10.4. The summed E-state index contributed by atoms with van der Waals surface area (Å²) in [7, 11) is 2.09. The van der Waals surface area contributed by atoms with E-state index in [0.717, 1.165) is 18.5 Å².